The predicted octanol–water partition coefficient (Wildman–Crippen LogP) is 14.3. The fraction of sp³-hybridized carbons (Fsp3) is 0.0400. The molecule has 0 N–H and O–H groups in total. The molecule has 0 saturated heterocycles. The van der Waals surface area contributed by atoms with Crippen molar-refractivity contribution in [1.82, 2.24) is 0 Å². The summed E-state index contributed by atoms with van der Waals surface area (Å²) in [6.45, 7) is 0. The number of furan rings is 1. The Hall–Kier alpha value is -6.64. The Morgan fingerprint density at radius 2 is 1.06 bits per heavy atom. The normalized spacial score (nSPS) is 12.9. The molecular weight excluding hydrogens is 631 g/mol. The minimum Gasteiger partial charge on any atom is -0.455 e. The first-order valence-electron chi connectivity index (χ1n) is 18.1. The third kappa shape index (κ3) is 5.11. The second kappa shape index (κ2) is 12.6. The van der Waals surface area contributed by atoms with Crippen LogP contribution in [0.5, 0.6) is 0 Å². The van der Waals surface area contributed by atoms with Crippen LogP contribution < -0.4 is 4.90 Å². The molecule has 0 unspecified atom stereocenters. The molecule has 9 aromatic rings. The number of para-hydroxylation sites is 3. The summed E-state index contributed by atoms with van der Waals surface area (Å²) in [5.74, 6) is 0. The van der Waals surface area contributed by atoms with Gasteiger partial charge in [0.15, 0.2) is 0 Å². The summed E-state index contributed by atoms with van der Waals surface area (Å²) in [5.41, 5.74) is 12.4. The van der Waals surface area contributed by atoms with Crippen LogP contribution in [-0.2, 0) is 0 Å². The van der Waals surface area contributed by atoms with E-state index in [1.807, 2.05) is 0 Å². The lowest BCUT2D eigenvalue weighted by molar-refractivity contribution is 0.671. The van der Waals surface area contributed by atoms with Crippen molar-refractivity contribution in [2.45, 2.75) is 12.8 Å². The van der Waals surface area contributed by atoms with Gasteiger partial charge >= 0.3 is 0 Å². The Morgan fingerprint density at radius 3 is 1.85 bits per heavy atom. The molecule has 2 nitrogen and oxygen atoms in total. The molecule has 1 aliphatic rings. The maximum absolute atomic E-state index is 6.93. The monoisotopic (exact) mass is 665 g/mol. The smallest absolute Gasteiger partial charge is 0.143 e. The molecule has 246 valence electrons. The van der Waals surface area contributed by atoms with Crippen LogP contribution in [0.15, 0.2) is 198 Å². The average Bonchev–Trinajstić information content (AvgIpc) is 3.61. The van der Waals surface area contributed by atoms with E-state index in [1.54, 1.807) is 0 Å². The Bertz CT molecular complexity index is 2840. The number of fused-ring (bicyclic) bond motifs is 6. The van der Waals surface area contributed by atoms with E-state index in [9.17, 15) is 0 Å². The van der Waals surface area contributed by atoms with Crippen LogP contribution in [0.4, 0.5) is 11.4 Å². The Kier molecular flexibility index (Phi) is 7.32. The molecule has 10 rings (SSSR count). The van der Waals surface area contributed by atoms with Crippen molar-refractivity contribution in [3.63, 3.8) is 0 Å². The van der Waals surface area contributed by atoms with E-state index in [4.69, 9.17) is 4.42 Å². The highest BCUT2D eigenvalue weighted by Crippen LogP contribution is 2.43. The third-order valence-electron chi connectivity index (χ3n) is 10.5. The minimum absolute atomic E-state index is 0.915. The molecule has 1 aliphatic carbocycles. The van der Waals surface area contributed by atoms with Crippen LogP contribution in [0.25, 0.3) is 76.9 Å². The van der Waals surface area contributed by atoms with Crippen LogP contribution in [0.3, 0.4) is 0 Å². The summed E-state index contributed by atoms with van der Waals surface area (Å²) < 4.78 is 6.93. The predicted molar refractivity (Wildman–Crippen MR) is 220 cm³/mol. The molecule has 0 spiro atoms. The Labute approximate surface area is 303 Å². The van der Waals surface area contributed by atoms with Gasteiger partial charge in [0, 0.05) is 39.0 Å². The summed E-state index contributed by atoms with van der Waals surface area (Å²) in [5, 5.41) is 7.24. The second-order valence-electron chi connectivity index (χ2n) is 13.6. The molecule has 0 aliphatic heterocycles. The van der Waals surface area contributed by atoms with Crippen LogP contribution in [0, 0.1) is 0 Å². The first-order valence-corrected chi connectivity index (χ1v) is 18.1. The largest absolute Gasteiger partial charge is 0.455 e. The standard InChI is InChI=1S/C50H35NO/c1-3-16-38(17-4-1)51(39-18-5-2-6-19-39)40-20-11-15-36(32-40)34-28-30-35(31-29-34)42-24-12-25-45-46-26-13-27-47(50(46)52-49(42)45)48-33-37-14-7-8-21-41(37)43-22-9-10-23-44(43)48/h1-5,7-18,20-33H,6,19H2. The van der Waals surface area contributed by atoms with E-state index < -0.39 is 0 Å². The van der Waals surface area contributed by atoms with Crippen LogP contribution >= 0.6 is 0 Å². The fourth-order valence-electron chi connectivity index (χ4n) is 8.04. The van der Waals surface area contributed by atoms with Gasteiger partial charge in [-0.05, 0) is 93.0 Å². The van der Waals surface area contributed by atoms with Gasteiger partial charge in [0.25, 0.3) is 0 Å². The number of allylic oxidation sites excluding steroid dienone is 4. The number of hydrogen-bond acceptors (Lipinski definition) is 2. The van der Waals surface area contributed by atoms with E-state index in [-0.39, 0.29) is 0 Å². The zero-order valence-electron chi connectivity index (χ0n) is 28.7. The minimum atomic E-state index is 0.915. The van der Waals surface area contributed by atoms with Gasteiger partial charge < -0.3 is 9.32 Å². The molecule has 1 heterocycles. The van der Waals surface area contributed by atoms with Gasteiger partial charge in [-0.1, -0.05) is 152 Å². The van der Waals surface area contributed by atoms with E-state index in [2.05, 4.69) is 193 Å². The first kappa shape index (κ1) is 30.2. The van der Waals surface area contributed by atoms with Gasteiger partial charge in [-0.3, -0.25) is 0 Å². The molecule has 0 fully saturated rings. The highest BCUT2D eigenvalue weighted by molar-refractivity contribution is 6.18. The van der Waals surface area contributed by atoms with Gasteiger partial charge in [0.1, 0.15) is 11.2 Å². The molecule has 8 aromatic carbocycles. The maximum atomic E-state index is 6.93. The first-order chi connectivity index (χ1) is 25.8. The van der Waals surface area contributed by atoms with Crippen molar-refractivity contribution in [1.29, 1.82) is 0 Å². The number of anilines is 2. The van der Waals surface area contributed by atoms with E-state index >= 15 is 0 Å². The molecule has 0 amide bonds. The molecular formula is C50H35NO. The molecule has 1 aromatic heterocycles. The fourth-order valence-corrected chi connectivity index (χ4v) is 8.04. The lowest BCUT2D eigenvalue weighted by Crippen LogP contribution is -2.17. The molecule has 0 radical (unpaired) electrons. The quantitative estimate of drug-likeness (QED) is 0.164. The van der Waals surface area contributed by atoms with Gasteiger partial charge in [-0.2, -0.15) is 0 Å². The number of nitrogens with zero attached hydrogens (tertiary/aromatic N) is 1. The van der Waals surface area contributed by atoms with Gasteiger partial charge in [0.2, 0.25) is 0 Å². The highest BCUT2D eigenvalue weighted by atomic mass is 16.3. The highest BCUT2D eigenvalue weighted by Gasteiger charge is 2.19. The van der Waals surface area contributed by atoms with Gasteiger partial charge in [-0.15, -0.1) is 0 Å². The van der Waals surface area contributed by atoms with E-state index in [0.29, 0.717) is 0 Å². The van der Waals surface area contributed by atoms with Crippen molar-refractivity contribution in [2.75, 3.05) is 4.90 Å². The molecule has 0 saturated carbocycles. The van der Waals surface area contributed by atoms with Crippen molar-refractivity contribution in [2.24, 2.45) is 0 Å². The number of benzene rings is 8. The van der Waals surface area contributed by atoms with Gasteiger partial charge in [-0.25, -0.2) is 0 Å². The number of hydrogen-bond donors (Lipinski definition) is 0. The molecule has 2 heteroatoms. The second-order valence-corrected chi connectivity index (χ2v) is 13.6. The van der Waals surface area contributed by atoms with Crippen LogP contribution in [0.1, 0.15) is 12.8 Å². The zero-order valence-corrected chi connectivity index (χ0v) is 28.7. The Morgan fingerprint density at radius 1 is 0.423 bits per heavy atom. The SMILES string of the molecule is C1=CCCC(N(c2ccccc2)c2cccc(-c3ccc(-c4cccc5c4oc4c(-c6cc7ccccc7c7ccccc67)cccc45)cc3)c2)=C1. The van der Waals surface area contributed by atoms with E-state index in [0.717, 1.165) is 57.2 Å². The van der Waals surface area contributed by atoms with Crippen molar-refractivity contribution in [3.8, 4) is 33.4 Å². The third-order valence-corrected chi connectivity index (χ3v) is 10.5. The number of rotatable bonds is 6. The van der Waals surface area contributed by atoms with Crippen molar-refractivity contribution >= 4 is 54.9 Å². The molecule has 52 heavy (non-hydrogen) atoms. The van der Waals surface area contributed by atoms with Crippen molar-refractivity contribution < 1.29 is 4.42 Å². The molecule has 0 bridgehead atoms. The van der Waals surface area contributed by atoms with Gasteiger partial charge in [0.05, 0.1) is 0 Å². The van der Waals surface area contributed by atoms with Crippen molar-refractivity contribution in [3.05, 3.63) is 194 Å². The van der Waals surface area contributed by atoms with E-state index in [1.165, 1.54) is 49.6 Å². The summed E-state index contributed by atoms with van der Waals surface area (Å²) in [4.78, 5) is 2.39. The van der Waals surface area contributed by atoms with Crippen LogP contribution in [0.2, 0.25) is 0 Å². The van der Waals surface area contributed by atoms with Crippen LogP contribution in [-0.4, -0.2) is 0 Å². The maximum Gasteiger partial charge on any atom is 0.143 e. The summed E-state index contributed by atoms with van der Waals surface area (Å²) in [7, 11) is 0. The Balaban J connectivity index is 1.05. The lowest BCUT2D eigenvalue weighted by atomic mass is 9.92. The molecule has 0 atom stereocenters. The zero-order chi connectivity index (χ0) is 34.4. The summed E-state index contributed by atoms with van der Waals surface area (Å²) >= 11 is 0. The lowest BCUT2D eigenvalue weighted by Gasteiger charge is -2.29. The summed E-state index contributed by atoms with van der Waals surface area (Å²) in [6.07, 6.45) is 8.71. The topological polar surface area (TPSA) is 16.4 Å². The average molecular weight is 666 g/mol. The summed E-state index contributed by atoms with van der Waals surface area (Å²) in [6, 6.07) is 61.2.